The van der Waals surface area contributed by atoms with E-state index in [0.29, 0.717) is 24.2 Å². The standard InChI is InChI=1S/C18H19NO5S/c1-12-7-14(12)11-24-16-9-13(18(20)21)8-15(10-16)19-25(22,23)17-5-3-2-4-6-17/h2-6,8-10,12,14,19H,7,11H2,1H3,(H,20,21). The van der Waals surface area contributed by atoms with Crippen molar-refractivity contribution < 1.29 is 23.1 Å². The minimum atomic E-state index is -3.80. The number of hydrogen-bond acceptors (Lipinski definition) is 4. The Hall–Kier alpha value is -2.54. The summed E-state index contributed by atoms with van der Waals surface area (Å²) in [4.78, 5) is 11.4. The minimum absolute atomic E-state index is 0.0351. The van der Waals surface area contributed by atoms with Crippen LogP contribution in [0.3, 0.4) is 0 Å². The number of carboxylic acids is 1. The van der Waals surface area contributed by atoms with Gasteiger partial charge < -0.3 is 9.84 Å². The Labute approximate surface area is 146 Å². The lowest BCUT2D eigenvalue weighted by Crippen LogP contribution is -2.13. The average Bonchev–Trinajstić information content (AvgIpc) is 3.28. The van der Waals surface area contributed by atoms with E-state index in [2.05, 4.69) is 11.6 Å². The first-order chi connectivity index (χ1) is 11.8. The number of hydrogen-bond donors (Lipinski definition) is 2. The predicted molar refractivity (Wildman–Crippen MR) is 93.4 cm³/mol. The number of aromatic carboxylic acids is 1. The van der Waals surface area contributed by atoms with Crippen molar-refractivity contribution in [1.82, 2.24) is 0 Å². The quantitative estimate of drug-likeness (QED) is 0.790. The molecule has 0 spiro atoms. The van der Waals surface area contributed by atoms with E-state index in [4.69, 9.17) is 4.74 Å². The van der Waals surface area contributed by atoms with Crippen molar-refractivity contribution in [3.8, 4) is 5.75 Å². The second kappa shape index (κ2) is 6.76. The summed E-state index contributed by atoms with van der Waals surface area (Å²) in [6, 6.07) is 12.1. The molecule has 2 unspecified atom stereocenters. The number of benzene rings is 2. The van der Waals surface area contributed by atoms with Gasteiger partial charge in [-0.25, -0.2) is 13.2 Å². The van der Waals surface area contributed by atoms with Crippen molar-refractivity contribution in [2.75, 3.05) is 11.3 Å². The Kier molecular flexibility index (Phi) is 4.67. The van der Waals surface area contributed by atoms with Gasteiger partial charge in [0, 0.05) is 6.07 Å². The summed E-state index contributed by atoms with van der Waals surface area (Å²) in [5, 5.41) is 9.25. The van der Waals surface area contributed by atoms with Crippen molar-refractivity contribution >= 4 is 21.7 Å². The van der Waals surface area contributed by atoms with Gasteiger partial charge in [0.2, 0.25) is 0 Å². The Morgan fingerprint density at radius 1 is 1.24 bits per heavy atom. The molecule has 7 heteroatoms. The largest absolute Gasteiger partial charge is 0.493 e. The van der Waals surface area contributed by atoms with Gasteiger partial charge in [0.25, 0.3) is 10.0 Å². The van der Waals surface area contributed by atoms with Crippen molar-refractivity contribution in [2.24, 2.45) is 11.8 Å². The van der Waals surface area contributed by atoms with Gasteiger partial charge in [-0.2, -0.15) is 0 Å². The van der Waals surface area contributed by atoms with Crippen LogP contribution in [0.1, 0.15) is 23.7 Å². The van der Waals surface area contributed by atoms with Crippen molar-refractivity contribution in [3.05, 3.63) is 54.1 Å². The van der Waals surface area contributed by atoms with E-state index in [1.165, 1.54) is 30.3 Å². The summed E-state index contributed by atoms with van der Waals surface area (Å²) in [6.45, 7) is 2.62. The van der Waals surface area contributed by atoms with E-state index in [9.17, 15) is 18.3 Å². The van der Waals surface area contributed by atoms with Crippen LogP contribution in [0, 0.1) is 11.8 Å². The number of ether oxygens (including phenoxy) is 1. The summed E-state index contributed by atoms with van der Waals surface area (Å²) in [7, 11) is -3.80. The Balaban J connectivity index is 1.84. The fraction of sp³-hybridized carbons (Fsp3) is 0.278. The van der Waals surface area contributed by atoms with Crippen LogP contribution in [0.5, 0.6) is 5.75 Å². The molecule has 2 N–H and O–H groups in total. The second-order valence-corrected chi connectivity index (χ2v) is 7.94. The van der Waals surface area contributed by atoms with Crippen LogP contribution >= 0.6 is 0 Å². The number of nitrogens with one attached hydrogen (secondary N) is 1. The maximum atomic E-state index is 12.4. The van der Waals surface area contributed by atoms with Crippen molar-refractivity contribution in [3.63, 3.8) is 0 Å². The summed E-state index contributed by atoms with van der Waals surface area (Å²) in [6.07, 6.45) is 1.09. The molecular formula is C18H19NO5S. The van der Waals surface area contributed by atoms with E-state index in [1.807, 2.05) is 0 Å². The molecule has 3 rings (SSSR count). The van der Waals surface area contributed by atoms with E-state index in [1.54, 1.807) is 18.2 Å². The monoisotopic (exact) mass is 361 g/mol. The molecule has 0 bridgehead atoms. The topological polar surface area (TPSA) is 92.7 Å². The van der Waals surface area contributed by atoms with Crippen LogP contribution < -0.4 is 9.46 Å². The lowest BCUT2D eigenvalue weighted by Gasteiger charge is -2.12. The van der Waals surface area contributed by atoms with Gasteiger partial charge in [-0.3, -0.25) is 4.72 Å². The fourth-order valence-corrected chi connectivity index (χ4v) is 3.57. The van der Waals surface area contributed by atoms with Gasteiger partial charge in [0.1, 0.15) is 5.75 Å². The molecule has 2 aromatic rings. The molecule has 132 valence electrons. The van der Waals surface area contributed by atoms with Crippen molar-refractivity contribution in [2.45, 2.75) is 18.2 Å². The normalized spacial score (nSPS) is 19.2. The average molecular weight is 361 g/mol. The highest BCUT2D eigenvalue weighted by Crippen LogP contribution is 2.38. The zero-order chi connectivity index (χ0) is 18.0. The summed E-state index contributed by atoms with van der Waals surface area (Å²) in [5.41, 5.74) is 0.120. The molecule has 0 aromatic heterocycles. The highest BCUT2D eigenvalue weighted by Gasteiger charge is 2.33. The molecule has 25 heavy (non-hydrogen) atoms. The zero-order valence-corrected chi connectivity index (χ0v) is 14.5. The first-order valence-electron chi connectivity index (χ1n) is 7.94. The molecule has 2 atom stereocenters. The second-order valence-electron chi connectivity index (χ2n) is 6.25. The lowest BCUT2D eigenvalue weighted by atomic mass is 10.2. The predicted octanol–water partition coefficient (Wildman–Crippen LogP) is 3.22. The SMILES string of the molecule is CC1CC1COc1cc(NS(=O)(=O)c2ccccc2)cc(C(=O)O)c1. The highest BCUT2D eigenvalue weighted by molar-refractivity contribution is 7.92. The Bertz CT molecular complexity index is 880. The van der Waals surface area contributed by atoms with Gasteiger partial charge in [-0.05, 0) is 42.5 Å². The molecule has 1 aliphatic carbocycles. The maximum absolute atomic E-state index is 12.4. The van der Waals surface area contributed by atoms with Crippen LogP contribution in [-0.2, 0) is 10.0 Å². The van der Waals surface area contributed by atoms with Crippen LogP contribution in [0.25, 0.3) is 0 Å². The first-order valence-corrected chi connectivity index (χ1v) is 9.42. The van der Waals surface area contributed by atoms with E-state index >= 15 is 0 Å². The van der Waals surface area contributed by atoms with Crippen LogP contribution in [-0.4, -0.2) is 26.1 Å². The third kappa shape index (κ3) is 4.30. The van der Waals surface area contributed by atoms with E-state index in [-0.39, 0.29) is 16.1 Å². The number of sulfonamides is 1. The molecule has 0 heterocycles. The number of anilines is 1. The molecule has 1 aliphatic rings. The zero-order valence-electron chi connectivity index (χ0n) is 13.7. The number of carbonyl (C=O) groups is 1. The van der Waals surface area contributed by atoms with Gasteiger partial charge in [-0.1, -0.05) is 25.1 Å². The number of carboxylic acid groups (broad SMARTS) is 1. The van der Waals surface area contributed by atoms with Crippen molar-refractivity contribution in [1.29, 1.82) is 0 Å². The Morgan fingerprint density at radius 2 is 1.92 bits per heavy atom. The first kappa shape index (κ1) is 17.3. The van der Waals surface area contributed by atoms with E-state index in [0.717, 1.165) is 6.42 Å². The van der Waals surface area contributed by atoms with Crippen LogP contribution in [0.4, 0.5) is 5.69 Å². The molecule has 2 aromatic carbocycles. The molecule has 0 saturated heterocycles. The summed E-state index contributed by atoms with van der Waals surface area (Å²) >= 11 is 0. The Morgan fingerprint density at radius 3 is 2.52 bits per heavy atom. The molecule has 1 fully saturated rings. The van der Waals surface area contributed by atoms with Gasteiger partial charge >= 0.3 is 5.97 Å². The van der Waals surface area contributed by atoms with Gasteiger partial charge in [0.05, 0.1) is 22.8 Å². The summed E-state index contributed by atoms with van der Waals surface area (Å²) < 4.78 is 32.9. The van der Waals surface area contributed by atoms with Crippen LogP contribution in [0.2, 0.25) is 0 Å². The molecule has 0 amide bonds. The fourth-order valence-electron chi connectivity index (χ4n) is 2.51. The van der Waals surface area contributed by atoms with Gasteiger partial charge in [0.15, 0.2) is 0 Å². The third-order valence-corrected chi connectivity index (χ3v) is 5.60. The third-order valence-electron chi connectivity index (χ3n) is 4.20. The molecule has 6 nitrogen and oxygen atoms in total. The maximum Gasteiger partial charge on any atom is 0.335 e. The molecule has 0 aliphatic heterocycles. The molecule has 1 saturated carbocycles. The molecular weight excluding hydrogens is 342 g/mol. The van der Waals surface area contributed by atoms with Crippen LogP contribution in [0.15, 0.2) is 53.4 Å². The smallest absolute Gasteiger partial charge is 0.335 e. The lowest BCUT2D eigenvalue weighted by molar-refractivity contribution is 0.0696. The summed E-state index contributed by atoms with van der Waals surface area (Å²) in [5.74, 6) is 0.270. The molecule has 0 radical (unpaired) electrons. The van der Waals surface area contributed by atoms with E-state index < -0.39 is 16.0 Å². The minimum Gasteiger partial charge on any atom is -0.493 e. The van der Waals surface area contributed by atoms with Gasteiger partial charge in [-0.15, -0.1) is 0 Å². The highest BCUT2D eigenvalue weighted by atomic mass is 32.2. The number of rotatable bonds is 7.